The maximum atomic E-state index is 13.0. The molecule has 0 atom stereocenters. The molecule has 0 unspecified atom stereocenters. The fraction of sp³-hybridized carbons (Fsp3) is 0.0952. The van der Waals surface area contributed by atoms with Gasteiger partial charge < -0.3 is 5.32 Å². The third-order valence-corrected chi connectivity index (χ3v) is 6.01. The van der Waals surface area contributed by atoms with Gasteiger partial charge in [-0.05, 0) is 60.5 Å². The lowest BCUT2D eigenvalue weighted by Gasteiger charge is -2.12. The van der Waals surface area contributed by atoms with Gasteiger partial charge in [0.15, 0.2) is 0 Å². The Hall–Kier alpha value is -2.90. The summed E-state index contributed by atoms with van der Waals surface area (Å²) in [5, 5.41) is 3.28. The fourth-order valence-corrected chi connectivity index (χ4v) is 3.94. The van der Waals surface area contributed by atoms with Crippen molar-refractivity contribution in [3.63, 3.8) is 0 Å². The van der Waals surface area contributed by atoms with Crippen molar-refractivity contribution < 1.29 is 17.6 Å². The molecule has 0 radical (unpaired) electrons. The molecule has 0 aliphatic heterocycles. The van der Waals surface area contributed by atoms with E-state index in [-0.39, 0.29) is 22.7 Å². The Morgan fingerprint density at radius 3 is 2.41 bits per heavy atom. The number of rotatable bonds is 6. The number of carbonyl (C=O) groups is 1. The molecular weight excluding hydrogens is 415 g/mol. The number of aryl methyl sites for hydroxylation is 1. The largest absolute Gasteiger partial charge is 0.348 e. The molecule has 1 amide bonds. The summed E-state index contributed by atoms with van der Waals surface area (Å²) in [6, 6.07) is 16.3. The quantitative estimate of drug-likeness (QED) is 0.601. The minimum atomic E-state index is -3.95. The molecule has 0 heterocycles. The van der Waals surface area contributed by atoms with Crippen molar-refractivity contribution in [2.75, 3.05) is 4.72 Å². The van der Waals surface area contributed by atoms with Crippen molar-refractivity contribution in [3.8, 4) is 0 Å². The van der Waals surface area contributed by atoms with E-state index in [4.69, 9.17) is 11.6 Å². The number of carbonyl (C=O) groups excluding carboxylic acids is 1. The minimum absolute atomic E-state index is 0.0738. The van der Waals surface area contributed by atoms with E-state index in [9.17, 15) is 17.6 Å². The molecule has 0 spiro atoms. The van der Waals surface area contributed by atoms with Crippen LogP contribution in [-0.4, -0.2) is 14.3 Å². The Labute approximate surface area is 173 Å². The number of sulfonamides is 1. The van der Waals surface area contributed by atoms with E-state index < -0.39 is 21.7 Å². The maximum absolute atomic E-state index is 13.0. The van der Waals surface area contributed by atoms with Crippen LogP contribution in [0.25, 0.3) is 0 Å². The molecule has 0 aromatic heterocycles. The topological polar surface area (TPSA) is 75.3 Å². The summed E-state index contributed by atoms with van der Waals surface area (Å²) < 4.78 is 40.7. The first-order valence-corrected chi connectivity index (χ1v) is 10.5. The highest BCUT2D eigenvalue weighted by Crippen LogP contribution is 2.20. The van der Waals surface area contributed by atoms with Crippen LogP contribution in [0.1, 0.15) is 21.5 Å². The van der Waals surface area contributed by atoms with Crippen molar-refractivity contribution in [2.24, 2.45) is 0 Å². The number of hydrogen-bond acceptors (Lipinski definition) is 3. The molecule has 0 fully saturated rings. The Morgan fingerprint density at radius 1 is 1.03 bits per heavy atom. The second kappa shape index (κ2) is 8.63. The zero-order valence-electron chi connectivity index (χ0n) is 15.4. The van der Waals surface area contributed by atoms with Crippen molar-refractivity contribution in [1.29, 1.82) is 0 Å². The summed E-state index contributed by atoms with van der Waals surface area (Å²) in [4.78, 5) is 12.5. The van der Waals surface area contributed by atoms with E-state index >= 15 is 0 Å². The Balaban J connectivity index is 1.80. The lowest BCUT2D eigenvalue weighted by Crippen LogP contribution is -2.24. The van der Waals surface area contributed by atoms with Crippen LogP contribution in [0.4, 0.5) is 10.1 Å². The number of anilines is 1. The lowest BCUT2D eigenvalue weighted by atomic mass is 10.1. The normalized spacial score (nSPS) is 11.1. The van der Waals surface area contributed by atoms with Crippen LogP contribution in [0, 0.1) is 12.7 Å². The highest BCUT2D eigenvalue weighted by atomic mass is 35.5. The highest BCUT2D eigenvalue weighted by Gasteiger charge is 2.18. The van der Waals surface area contributed by atoms with Gasteiger partial charge >= 0.3 is 0 Å². The first-order chi connectivity index (χ1) is 13.8. The average Bonchev–Trinajstić information content (AvgIpc) is 2.69. The SMILES string of the molecule is Cc1ccc(S(=O)(=O)Nc2ccc(F)cc2)cc1C(=O)NCc1ccccc1Cl. The van der Waals surface area contributed by atoms with Crippen LogP contribution in [-0.2, 0) is 16.6 Å². The third kappa shape index (κ3) is 5.13. The zero-order valence-corrected chi connectivity index (χ0v) is 17.0. The van der Waals surface area contributed by atoms with E-state index in [2.05, 4.69) is 10.0 Å². The van der Waals surface area contributed by atoms with Gasteiger partial charge in [-0.1, -0.05) is 35.9 Å². The van der Waals surface area contributed by atoms with Crippen LogP contribution in [0.2, 0.25) is 5.02 Å². The van der Waals surface area contributed by atoms with Crippen molar-refractivity contribution in [2.45, 2.75) is 18.4 Å². The standard InChI is InChI=1S/C21H18ClFN2O3S/c1-14-6-11-18(29(27,28)25-17-9-7-16(23)8-10-17)12-19(14)21(26)24-13-15-4-2-3-5-20(15)22/h2-12,25H,13H2,1H3,(H,24,26). The predicted molar refractivity (Wildman–Crippen MR) is 111 cm³/mol. The number of halogens is 2. The van der Waals surface area contributed by atoms with Crippen LogP contribution in [0.15, 0.2) is 71.6 Å². The monoisotopic (exact) mass is 432 g/mol. The molecule has 3 aromatic carbocycles. The summed E-state index contributed by atoms with van der Waals surface area (Å²) in [5.41, 5.74) is 1.83. The summed E-state index contributed by atoms with van der Waals surface area (Å²) in [7, 11) is -3.95. The fourth-order valence-electron chi connectivity index (χ4n) is 2.66. The van der Waals surface area contributed by atoms with Gasteiger partial charge in [-0.2, -0.15) is 0 Å². The van der Waals surface area contributed by atoms with Gasteiger partial charge in [0.1, 0.15) is 5.82 Å². The van der Waals surface area contributed by atoms with Crippen LogP contribution < -0.4 is 10.0 Å². The van der Waals surface area contributed by atoms with E-state index in [0.29, 0.717) is 10.6 Å². The molecule has 5 nitrogen and oxygen atoms in total. The molecule has 8 heteroatoms. The van der Waals surface area contributed by atoms with Gasteiger partial charge in [0.05, 0.1) is 4.90 Å². The molecule has 0 aliphatic carbocycles. The molecule has 0 saturated heterocycles. The summed E-state index contributed by atoms with van der Waals surface area (Å²) in [5.74, 6) is -0.887. The van der Waals surface area contributed by atoms with Gasteiger partial charge in [-0.25, -0.2) is 12.8 Å². The van der Waals surface area contributed by atoms with Gasteiger partial charge in [0, 0.05) is 22.8 Å². The van der Waals surface area contributed by atoms with Gasteiger partial charge in [-0.3, -0.25) is 9.52 Å². The van der Waals surface area contributed by atoms with Crippen LogP contribution in [0.3, 0.4) is 0 Å². The Morgan fingerprint density at radius 2 is 1.72 bits per heavy atom. The van der Waals surface area contributed by atoms with E-state index in [1.807, 2.05) is 6.07 Å². The first-order valence-electron chi connectivity index (χ1n) is 8.67. The molecule has 3 rings (SSSR count). The van der Waals surface area contributed by atoms with Crippen molar-refractivity contribution >= 4 is 33.2 Å². The highest BCUT2D eigenvalue weighted by molar-refractivity contribution is 7.92. The number of amides is 1. The van der Waals surface area contributed by atoms with Crippen molar-refractivity contribution in [3.05, 3.63) is 94.3 Å². The third-order valence-electron chi connectivity index (χ3n) is 4.26. The first kappa shape index (κ1) is 20.8. The summed E-state index contributed by atoms with van der Waals surface area (Å²) >= 11 is 6.09. The number of hydrogen-bond donors (Lipinski definition) is 2. The second-order valence-corrected chi connectivity index (χ2v) is 8.45. The van der Waals surface area contributed by atoms with E-state index in [1.165, 1.54) is 24.3 Å². The summed E-state index contributed by atoms with van der Waals surface area (Å²) in [6.45, 7) is 1.93. The second-order valence-electron chi connectivity index (χ2n) is 6.36. The zero-order chi connectivity index (χ0) is 21.0. The van der Waals surface area contributed by atoms with Crippen LogP contribution in [0.5, 0.6) is 0 Å². The molecule has 150 valence electrons. The lowest BCUT2D eigenvalue weighted by molar-refractivity contribution is 0.0950. The maximum Gasteiger partial charge on any atom is 0.261 e. The Kier molecular flexibility index (Phi) is 6.20. The number of nitrogens with one attached hydrogen (secondary N) is 2. The molecule has 0 aliphatic rings. The van der Waals surface area contributed by atoms with Gasteiger partial charge in [0.25, 0.3) is 15.9 Å². The molecule has 2 N–H and O–H groups in total. The van der Waals surface area contributed by atoms with Gasteiger partial charge in [-0.15, -0.1) is 0 Å². The van der Waals surface area contributed by atoms with Gasteiger partial charge in [0.2, 0.25) is 0 Å². The molecule has 0 bridgehead atoms. The summed E-state index contributed by atoms with van der Waals surface area (Å²) in [6.07, 6.45) is 0. The predicted octanol–water partition coefficient (Wildman–Crippen LogP) is 4.52. The smallest absolute Gasteiger partial charge is 0.261 e. The van der Waals surface area contributed by atoms with Crippen molar-refractivity contribution in [1.82, 2.24) is 5.32 Å². The molecule has 0 saturated carbocycles. The minimum Gasteiger partial charge on any atom is -0.348 e. The molecule has 3 aromatic rings. The van der Waals surface area contributed by atoms with E-state index in [0.717, 1.165) is 17.7 Å². The van der Waals surface area contributed by atoms with Crippen LogP contribution >= 0.6 is 11.6 Å². The number of benzene rings is 3. The molecular formula is C21H18ClFN2O3S. The average molecular weight is 433 g/mol. The Bertz CT molecular complexity index is 1150. The van der Waals surface area contributed by atoms with E-state index in [1.54, 1.807) is 31.2 Å². The molecule has 29 heavy (non-hydrogen) atoms.